The Morgan fingerprint density at radius 3 is 2.58 bits per heavy atom. The largest absolute Gasteiger partial charge is 0.326 e. The molecule has 0 atom stereocenters. The molecular formula is C17H9ClF2N2O3S. The monoisotopic (exact) mass is 394 g/mol. The highest BCUT2D eigenvalue weighted by molar-refractivity contribution is 7.92. The molecule has 0 saturated carbocycles. The number of halogens is 3. The summed E-state index contributed by atoms with van der Waals surface area (Å²) in [5.41, 5.74) is -1.15. The van der Waals surface area contributed by atoms with Crippen LogP contribution in [0.25, 0.3) is 11.1 Å². The van der Waals surface area contributed by atoms with Crippen LogP contribution in [-0.4, -0.2) is 13.4 Å². The molecule has 1 aromatic heterocycles. The second-order valence-corrected chi connectivity index (χ2v) is 7.24. The number of sulfonamides is 1. The first-order chi connectivity index (χ1) is 12.3. The molecule has 0 aliphatic carbocycles. The molecule has 5 nitrogen and oxygen atoms in total. The highest BCUT2D eigenvalue weighted by Gasteiger charge is 2.22. The SMILES string of the molecule is O=c1[nH]cc(Cl)cc1S(=O)(=O)Nc1cc(-c2cc#ccc2)c(F)cc1F. The third-order valence-electron chi connectivity index (χ3n) is 3.39. The fourth-order valence-corrected chi connectivity index (χ4v) is 3.57. The van der Waals surface area contributed by atoms with Gasteiger partial charge >= 0.3 is 0 Å². The third kappa shape index (κ3) is 3.54. The Morgan fingerprint density at radius 2 is 1.88 bits per heavy atom. The lowest BCUT2D eigenvalue weighted by Crippen LogP contribution is -2.23. The van der Waals surface area contributed by atoms with E-state index in [4.69, 9.17) is 11.6 Å². The van der Waals surface area contributed by atoms with E-state index in [0.717, 1.165) is 18.3 Å². The number of nitrogens with one attached hydrogen (secondary N) is 2. The van der Waals surface area contributed by atoms with E-state index in [2.05, 4.69) is 17.1 Å². The van der Waals surface area contributed by atoms with Crippen LogP contribution in [0.15, 0.2) is 52.3 Å². The third-order valence-corrected chi connectivity index (χ3v) is 4.98. The van der Waals surface area contributed by atoms with Gasteiger partial charge in [-0.25, -0.2) is 17.2 Å². The molecule has 0 aliphatic rings. The number of anilines is 1. The first-order valence-corrected chi connectivity index (χ1v) is 8.92. The number of aromatic nitrogens is 1. The molecule has 0 fully saturated rings. The molecule has 0 radical (unpaired) electrons. The Balaban J connectivity index is 2.07. The van der Waals surface area contributed by atoms with Gasteiger partial charge in [0.2, 0.25) is 0 Å². The quantitative estimate of drug-likeness (QED) is 0.712. The summed E-state index contributed by atoms with van der Waals surface area (Å²) < 4.78 is 54.9. The maximum Gasteiger partial charge on any atom is 0.268 e. The van der Waals surface area contributed by atoms with E-state index >= 15 is 0 Å². The highest BCUT2D eigenvalue weighted by Crippen LogP contribution is 2.29. The van der Waals surface area contributed by atoms with Crippen LogP contribution in [0.5, 0.6) is 0 Å². The summed E-state index contributed by atoms with van der Waals surface area (Å²) in [6.07, 6.45) is 1.11. The number of pyridine rings is 1. The average molecular weight is 395 g/mol. The average Bonchev–Trinajstić information content (AvgIpc) is 2.60. The lowest BCUT2D eigenvalue weighted by molar-refractivity contribution is 0.584. The molecule has 26 heavy (non-hydrogen) atoms. The number of hydrogen-bond donors (Lipinski definition) is 2. The first kappa shape index (κ1) is 17.9. The molecule has 0 aliphatic heterocycles. The van der Waals surface area contributed by atoms with E-state index in [0.29, 0.717) is 11.6 Å². The Bertz CT molecular complexity index is 1130. The lowest BCUT2D eigenvalue weighted by atomic mass is 10.1. The van der Waals surface area contributed by atoms with Crippen LogP contribution in [0, 0.1) is 23.8 Å². The number of aromatic amines is 1. The predicted molar refractivity (Wildman–Crippen MR) is 92.3 cm³/mol. The Morgan fingerprint density at radius 1 is 1.12 bits per heavy atom. The Labute approximate surface area is 152 Å². The minimum Gasteiger partial charge on any atom is -0.326 e. The van der Waals surface area contributed by atoms with Gasteiger partial charge in [0, 0.05) is 17.8 Å². The molecule has 3 rings (SSSR count). The van der Waals surface area contributed by atoms with Crippen LogP contribution in [0.4, 0.5) is 14.5 Å². The number of benzene rings is 1. The van der Waals surface area contributed by atoms with E-state index in [1.165, 1.54) is 18.2 Å². The second kappa shape index (κ2) is 6.78. The van der Waals surface area contributed by atoms with Gasteiger partial charge in [-0.2, -0.15) is 0 Å². The van der Waals surface area contributed by atoms with Crippen LogP contribution in [-0.2, 0) is 10.0 Å². The van der Waals surface area contributed by atoms with Gasteiger partial charge in [-0.15, -0.1) is 0 Å². The van der Waals surface area contributed by atoms with Crippen molar-refractivity contribution in [2.75, 3.05) is 4.72 Å². The molecule has 0 saturated heterocycles. The highest BCUT2D eigenvalue weighted by atomic mass is 35.5. The summed E-state index contributed by atoms with van der Waals surface area (Å²) >= 11 is 5.69. The zero-order valence-electron chi connectivity index (χ0n) is 12.8. The van der Waals surface area contributed by atoms with Gasteiger partial charge in [0.1, 0.15) is 11.6 Å². The van der Waals surface area contributed by atoms with Gasteiger partial charge in [-0.1, -0.05) is 23.7 Å². The van der Waals surface area contributed by atoms with Crippen molar-refractivity contribution >= 4 is 27.3 Å². The fraction of sp³-hybridized carbons (Fsp3) is 0. The molecule has 132 valence electrons. The molecule has 1 heterocycles. The molecule has 2 aromatic carbocycles. The zero-order chi connectivity index (χ0) is 18.9. The smallest absolute Gasteiger partial charge is 0.268 e. The number of rotatable bonds is 4. The molecule has 0 amide bonds. The van der Waals surface area contributed by atoms with Gasteiger partial charge in [0.15, 0.2) is 4.90 Å². The maximum absolute atomic E-state index is 14.1. The topological polar surface area (TPSA) is 79.0 Å². The summed E-state index contributed by atoms with van der Waals surface area (Å²) in [6.45, 7) is 0. The maximum atomic E-state index is 14.1. The van der Waals surface area contributed by atoms with Crippen LogP contribution in [0.1, 0.15) is 0 Å². The van der Waals surface area contributed by atoms with Crippen molar-refractivity contribution in [3.05, 3.63) is 81.7 Å². The van der Waals surface area contributed by atoms with Gasteiger partial charge in [0.05, 0.1) is 10.7 Å². The van der Waals surface area contributed by atoms with E-state index in [9.17, 15) is 22.0 Å². The van der Waals surface area contributed by atoms with Gasteiger partial charge in [0.25, 0.3) is 15.6 Å². The summed E-state index contributed by atoms with van der Waals surface area (Å²) in [4.78, 5) is 13.2. The van der Waals surface area contributed by atoms with Crippen molar-refractivity contribution < 1.29 is 17.2 Å². The predicted octanol–water partition coefficient (Wildman–Crippen LogP) is 3.37. The van der Waals surface area contributed by atoms with Gasteiger partial charge < -0.3 is 4.98 Å². The molecular weight excluding hydrogens is 386 g/mol. The van der Waals surface area contributed by atoms with E-state index in [1.54, 1.807) is 0 Å². The standard InChI is InChI=1S/C17H9ClF2N2O3S/c18-11-6-16(17(23)21-9-11)26(24,25)22-15-7-12(13(19)8-14(15)20)10-4-2-1-3-5-10/h2,4-9,22H,(H,21,23). The second-order valence-electron chi connectivity index (χ2n) is 5.15. The normalized spacial score (nSPS) is 11.0. The first-order valence-electron chi connectivity index (χ1n) is 7.06. The summed E-state index contributed by atoms with van der Waals surface area (Å²) in [5.74, 6) is -2.02. The van der Waals surface area contributed by atoms with Crippen molar-refractivity contribution in [3.8, 4) is 11.1 Å². The molecule has 3 aromatic rings. The van der Waals surface area contributed by atoms with Crippen molar-refractivity contribution in [3.63, 3.8) is 0 Å². The fourth-order valence-electron chi connectivity index (χ4n) is 2.20. The van der Waals surface area contributed by atoms with Crippen LogP contribution < -0.4 is 10.3 Å². The molecule has 0 spiro atoms. The lowest BCUT2D eigenvalue weighted by Gasteiger charge is -2.11. The van der Waals surface area contributed by atoms with E-state index in [-0.39, 0.29) is 10.6 Å². The summed E-state index contributed by atoms with van der Waals surface area (Å²) in [6, 6.07) is 12.1. The van der Waals surface area contributed by atoms with Crippen molar-refractivity contribution in [2.45, 2.75) is 4.90 Å². The minimum atomic E-state index is -4.46. The Kier molecular flexibility index (Phi) is 4.68. The van der Waals surface area contributed by atoms with Crippen LogP contribution >= 0.6 is 11.6 Å². The van der Waals surface area contributed by atoms with Crippen molar-refractivity contribution in [2.24, 2.45) is 0 Å². The number of hydrogen-bond acceptors (Lipinski definition) is 3. The summed E-state index contributed by atoms with van der Waals surface area (Å²) in [7, 11) is -4.46. The van der Waals surface area contributed by atoms with Crippen molar-refractivity contribution in [1.29, 1.82) is 0 Å². The molecule has 2 N–H and O–H groups in total. The summed E-state index contributed by atoms with van der Waals surface area (Å²) in [5, 5.41) is -0.0266. The van der Waals surface area contributed by atoms with Crippen LogP contribution in [0.3, 0.4) is 0 Å². The molecule has 0 bridgehead atoms. The number of H-pyrrole nitrogens is 1. The molecule has 0 unspecified atom stereocenters. The van der Waals surface area contributed by atoms with Crippen LogP contribution in [0.2, 0.25) is 5.02 Å². The van der Waals surface area contributed by atoms with E-state index < -0.39 is 37.8 Å². The van der Waals surface area contributed by atoms with Gasteiger partial charge in [-0.3, -0.25) is 9.52 Å². The Hall–Kier alpha value is -2.89. The van der Waals surface area contributed by atoms with Crippen molar-refractivity contribution in [1.82, 2.24) is 4.98 Å². The van der Waals surface area contributed by atoms with Gasteiger partial charge in [-0.05, 0) is 35.9 Å². The zero-order valence-corrected chi connectivity index (χ0v) is 14.4. The van der Waals surface area contributed by atoms with E-state index in [1.807, 2.05) is 4.72 Å². The molecule has 9 heteroatoms. The minimum absolute atomic E-state index is 0.0266.